The molecule has 0 aliphatic carbocycles. The molecule has 0 saturated carbocycles. The molecule has 0 bridgehead atoms. The highest BCUT2D eigenvalue weighted by Gasteiger charge is 2.35. The van der Waals surface area contributed by atoms with Crippen molar-refractivity contribution in [2.45, 2.75) is 19.9 Å². The molecule has 1 rings (SSSR count). The van der Waals surface area contributed by atoms with E-state index in [1.165, 1.54) is 24.2 Å². The molecule has 0 N–H and O–H groups in total. The van der Waals surface area contributed by atoms with Crippen molar-refractivity contribution in [3.8, 4) is 0 Å². The van der Waals surface area contributed by atoms with E-state index in [0.717, 1.165) is 6.04 Å². The third-order valence-electron chi connectivity index (χ3n) is 2.93. The van der Waals surface area contributed by atoms with Crippen LogP contribution in [0, 0.1) is 0 Å². The Bertz CT molecular complexity index is 124. The number of quaternary nitrogens is 1. The molecule has 0 aromatic rings. The third-order valence-corrected chi connectivity index (χ3v) is 2.93. The van der Waals surface area contributed by atoms with E-state index in [4.69, 9.17) is 0 Å². The SMILES string of the molecule is CC[N@@+]1(C)CN(C)CC1C. The van der Waals surface area contributed by atoms with Crippen LogP contribution in [0.5, 0.6) is 0 Å². The van der Waals surface area contributed by atoms with Crippen molar-refractivity contribution in [2.75, 3.05) is 33.9 Å². The minimum Gasteiger partial charge on any atom is -0.310 e. The Morgan fingerprint density at radius 1 is 1.60 bits per heavy atom. The summed E-state index contributed by atoms with van der Waals surface area (Å²) in [6, 6.07) is 0.815. The topological polar surface area (TPSA) is 3.24 Å². The Morgan fingerprint density at radius 2 is 2.20 bits per heavy atom. The fraction of sp³-hybridized carbons (Fsp3) is 1.00. The van der Waals surface area contributed by atoms with E-state index in [0.29, 0.717) is 0 Å². The highest BCUT2D eigenvalue weighted by Crippen LogP contribution is 2.18. The van der Waals surface area contributed by atoms with Gasteiger partial charge in [-0.1, -0.05) is 0 Å². The average Bonchev–Trinajstić information content (AvgIpc) is 2.09. The molecule has 0 aromatic heterocycles. The maximum Gasteiger partial charge on any atom is 0.135 e. The van der Waals surface area contributed by atoms with Crippen LogP contribution in [-0.2, 0) is 0 Å². The zero-order valence-corrected chi connectivity index (χ0v) is 7.59. The van der Waals surface area contributed by atoms with Crippen molar-refractivity contribution < 1.29 is 4.48 Å². The molecule has 1 fully saturated rings. The maximum atomic E-state index is 2.41. The van der Waals surface area contributed by atoms with Gasteiger partial charge in [-0.25, -0.2) is 0 Å². The van der Waals surface area contributed by atoms with Gasteiger partial charge in [-0.2, -0.15) is 0 Å². The van der Waals surface area contributed by atoms with Crippen LogP contribution in [-0.4, -0.2) is 49.3 Å². The van der Waals surface area contributed by atoms with Crippen LogP contribution in [0.25, 0.3) is 0 Å². The second-order valence-corrected chi connectivity index (χ2v) is 3.82. The van der Waals surface area contributed by atoms with Gasteiger partial charge in [-0.15, -0.1) is 0 Å². The first-order valence-electron chi connectivity index (χ1n) is 4.11. The highest BCUT2D eigenvalue weighted by atomic mass is 15.5. The zero-order valence-electron chi connectivity index (χ0n) is 7.59. The molecule has 0 aromatic carbocycles. The van der Waals surface area contributed by atoms with Gasteiger partial charge >= 0.3 is 0 Å². The van der Waals surface area contributed by atoms with Crippen LogP contribution in [0.2, 0.25) is 0 Å². The molecule has 2 nitrogen and oxygen atoms in total. The number of hydrogen-bond donors (Lipinski definition) is 0. The van der Waals surface area contributed by atoms with E-state index in [2.05, 4.69) is 32.8 Å². The van der Waals surface area contributed by atoms with Crippen molar-refractivity contribution in [1.29, 1.82) is 0 Å². The number of likely N-dealkylation sites (N-methyl/N-ethyl adjacent to an activating group) is 2. The molecule has 1 aliphatic rings. The summed E-state index contributed by atoms with van der Waals surface area (Å²) in [4.78, 5) is 2.41. The number of hydrogen-bond acceptors (Lipinski definition) is 1. The quantitative estimate of drug-likeness (QED) is 0.489. The molecule has 2 heteroatoms. The van der Waals surface area contributed by atoms with Crippen molar-refractivity contribution in [3.63, 3.8) is 0 Å². The summed E-state index contributed by atoms with van der Waals surface area (Å²) in [6.07, 6.45) is 0. The van der Waals surface area contributed by atoms with Gasteiger partial charge in [0, 0.05) is 0 Å². The van der Waals surface area contributed by atoms with Crippen LogP contribution >= 0.6 is 0 Å². The molecular weight excluding hydrogens is 124 g/mol. The molecule has 60 valence electrons. The normalized spacial score (nSPS) is 42.6. The van der Waals surface area contributed by atoms with Crippen molar-refractivity contribution >= 4 is 0 Å². The molecule has 1 heterocycles. The lowest BCUT2D eigenvalue weighted by Gasteiger charge is -2.32. The minimum absolute atomic E-state index is 0.815. The summed E-state index contributed by atoms with van der Waals surface area (Å²) in [6.45, 7) is 8.34. The van der Waals surface area contributed by atoms with Gasteiger partial charge in [-0.3, -0.25) is 4.90 Å². The summed E-state index contributed by atoms with van der Waals surface area (Å²) in [5.41, 5.74) is 0. The zero-order chi connectivity index (χ0) is 7.78. The average molecular weight is 143 g/mol. The van der Waals surface area contributed by atoms with Crippen LogP contribution in [0.15, 0.2) is 0 Å². The lowest BCUT2D eigenvalue weighted by atomic mass is 10.3. The van der Waals surface area contributed by atoms with Gasteiger partial charge in [0.1, 0.15) is 12.7 Å². The lowest BCUT2D eigenvalue weighted by Crippen LogP contribution is -2.47. The molecular formula is C8H19N2+. The van der Waals surface area contributed by atoms with Crippen molar-refractivity contribution in [3.05, 3.63) is 0 Å². The summed E-state index contributed by atoms with van der Waals surface area (Å²) >= 11 is 0. The predicted molar refractivity (Wildman–Crippen MR) is 43.7 cm³/mol. The molecule has 0 spiro atoms. The maximum absolute atomic E-state index is 2.41. The lowest BCUT2D eigenvalue weighted by molar-refractivity contribution is -0.920. The van der Waals surface area contributed by atoms with Gasteiger partial charge < -0.3 is 4.48 Å². The second kappa shape index (κ2) is 2.51. The summed E-state index contributed by atoms with van der Waals surface area (Å²) in [5.74, 6) is 0. The van der Waals surface area contributed by atoms with Crippen molar-refractivity contribution in [2.24, 2.45) is 0 Å². The first kappa shape index (κ1) is 8.02. The highest BCUT2D eigenvalue weighted by molar-refractivity contribution is 4.63. The molecule has 1 saturated heterocycles. The first-order chi connectivity index (χ1) is 4.58. The fourth-order valence-electron chi connectivity index (χ4n) is 1.81. The summed E-state index contributed by atoms with van der Waals surface area (Å²) in [5, 5.41) is 0. The molecule has 0 amide bonds. The number of rotatable bonds is 1. The van der Waals surface area contributed by atoms with Gasteiger partial charge in [-0.05, 0) is 20.9 Å². The summed E-state index contributed by atoms with van der Waals surface area (Å²) in [7, 11) is 4.55. The van der Waals surface area contributed by atoms with Gasteiger partial charge in [0.05, 0.1) is 20.1 Å². The number of nitrogens with zero attached hydrogens (tertiary/aromatic N) is 2. The van der Waals surface area contributed by atoms with Gasteiger partial charge in [0.2, 0.25) is 0 Å². The standard InChI is InChI=1S/C8H19N2/c1-5-10(4)7-9(3)6-8(10)2/h8H,5-7H2,1-4H3/q+1/t8?,10-/m0/s1. The molecule has 2 atom stereocenters. The monoisotopic (exact) mass is 143 g/mol. The van der Waals surface area contributed by atoms with Gasteiger partial charge in [0.15, 0.2) is 0 Å². The Balaban J connectivity index is 2.61. The van der Waals surface area contributed by atoms with Crippen molar-refractivity contribution in [1.82, 2.24) is 4.90 Å². The van der Waals surface area contributed by atoms with E-state index in [-0.39, 0.29) is 0 Å². The van der Waals surface area contributed by atoms with E-state index in [1.54, 1.807) is 0 Å². The summed E-state index contributed by atoms with van der Waals surface area (Å²) < 4.78 is 1.22. The minimum atomic E-state index is 0.815. The Morgan fingerprint density at radius 3 is 2.40 bits per heavy atom. The Kier molecular flexibility index (Phi) is 2.02. The predicted octanol–water partition coefficient (Wildman–Crippen LogP) is 0.744. The first-order valence-corrected chi connectivity index (χ1v) is 4.11. The van der Waals surface area contributed by atoms with Crippen LogP contribution in [0.1, 0.15) is 13.8 Å². The Hall–Kier alpha value is -0.0800. The van der Waals surface area contributed by atoms with E-state index >= 15 is 0 Å². The third kappa shape index (κ3) is 1.18. The molecule has 0 radical (unpaired) electrons. The molecule has 1 unspecified atom stereocenters. The largest absolute Gasteiger partial charge is 0.310 e. The van der Waals surface area contributed by atoms with Gasteiger partial charge in [0.25, 0.3) is 0 Å². The van der Waals surface area contributed by atoms with Crippen LogP contribution in [0.4, 0.5) is 0 Å². The van der Waals surface area contributed by atoms with E-state index in [9.17, 15) is 0 Å². The van der Waals surface area contributed by atoms with Crippen LogP contribution < -0.4 is 0 Å². The smallest absolute Gasteiger partial charge is 0.135 e. The Labute approximate surface area is 64.0 Å². The fourth-order valence-corrected chi connectivity index (χ4v) is 1.81. The molecule has 10 heavy (non-hydrogen) atoms. The second-order valence-electron chi connectivity index (χ2n) is 3.82. The van der Waals surface area contributed by atoms with E-state index in [1.807, 2.05) is 0 Å². The van der Waals surface area contributed by atoms with E-state index < -0.39 is 0 Å². The molecule has 1 aliphatic heterocycles. The van der Waals surface area contributed by atoms with Crippen LogP contribution in [0.3, 0.4) is 0 Å².